The van der Waals surface area contributed by atoms with Crippen molar-refractivity contribution in [2.24, 2.45) is 0 Å². The van der Waals surface area contributed by atoms with Crippen LogP contribution in [0.5, 0.6) is 0 Å². The molecule has 0 heterocycles. The highest BCUT2D eigenvalue weighted by Crippen LogP contribution is 2.28. The third kappa shape index (κ3) is 2.64. The van der Waals surface area contributed by atoms with E-state index < -0.39 is 5.97 Å². The molecule has 0 radical (unpaired) electrons. The minimum absolute atomic E-state index is 0.188. The van der Waals surface area contributed by atoms with Crippen LogP contribution in [-0.2, 0) is 4.79 Å². The van der Waals surface area contributed by atoms with Crippen molar-refractivity contribution in [2.75, 3.05) is 0 Å². The average Bonchev–Trinajstić information content (AvgIpc) is 2.08. The summed E-state index contributed by atoms with van der Waals surface area (Å²) in [7, 11) is 0. The second kappa shape index (κ2) is 4.55. The Bertz CT molecular complexity index is 434. The summed E-state index contributed by atoms with van der Waals surface area (Å²) >= 11 is 11.5. The SMILES string of the molecule is CC(O)=C(C(=O)O)c1ccc(Cl)cc1Cl. The largest absolute Gasteiger partial charge is 0.512 e. The number of allylic oxidation sites excluding steroid dienone is 1. The summed E-state index contributed by atoms with van der Waals surface area (Å²) in [6.07, 6.45) is 0. The van der Waals surface area contributed by atoms with Gasteiger partial charge in [-0.1, -0.05) is 29.3 Å². The third-order valence-electron chi connectivity index (χ3n) is 1.78. The zero-order valence-electron chi connectivity index (χ0n) is 7.79. The van der Waals surface area contributed by atoms with Gasteiger partial charge in [0.15, 0.2) is 0 Å². The Hall–Kier alpha value is -1.19. The fourth-order valence-electron chi connectivity index (χ4n) is 1.16. The summed E-state index contributed by atoms with van der Waals surface area (Å²) in [4.78, 5) is 10.9. The lowest BCUT2D eigenvalue weighted by Crippen LogP contribution is -2.03. The number of aliphatic carboxylic acids is 1. The summed E-state index contributed by atoms with van der Waals surface area (Å²) in [5.41, 5.74) is 0.0187. The molecule has 0 aromatic heterocycles. The van der Waals surface area contributed by atoms with E-state index in [1.165, 1.54) is 25.1 Å². The summed E-state index contributed by atoms with van der Waals surface area (Å²) in [5.74, 6) is -1.54. The van der Waals surface area contributed by atoms with E-state index in [1.807, 2.05) is 0 Å². The summed E-state index contributed by atoms with van der Waals surface area (Å²) < 4.78 is 0. The van der Waals surface area contributed by atoms with Crippen LogP contribution >= 0.6 is 23.2 Å². The summed E-state index contributed by atoms with van der Waals surface area (Å²) in [6, 6.07) is 4.38. The molecule has 80 valence electrons. The van der Waals surface area contributed by atoms with Gasteiger partial charge in [-0.25, -0.2) is 4.79 Å². The zero-order valence-corrected chi connectivity index (χ0v) is 9.30. The van der Waals surface area contributed by atoms with Gasteiger partial charge in [0.2, 0.25) is 0 Å². The number of carbonyl (C=O) groups is 1. The van der Waals surface area contributed by atoms with Crippen LogP contribution in [0, 0.1) is 0 Å². The number of rotatable bonds is 2. The van der Waals surface area contributed by atoms with Gasteiger partial charge in [0.1, 0.15) is 11.3 Å². The van der Waals surface area contributed by atoms with Crippen molar-refractivity contribution >= 4 is 34.7 Å². The lowest BCUT2D eigenvalue weighted by molar-refractivity contribution is -0.130. The van der Waals surface area contributed by atoms with E-state index in [0.717, 1.165) is 0 Å². The number of hydrogen-bond acceptors (Lipinski definition) is 2. The van der Waals surface area contributed by atoms with E-state index in [2.05, 4.69) is 0 Å². The third-order valence-corrected chi connectivity index (χ3v) is 2.32. The van der Waals surface area contributed by atoms with E-state index in [0.29, 0.717) is 5.02 Å². The number of carboxylic acid groups (broad SMARTS) is 1. The van der Waals surface area contributed by atoms with Gasteiger partial charge >= 0.3 is 5.97 Å². The first-order valence-corrected chi connectivity index (χ1v) is 4.77. The molecule has 0 atom stereocenters. The molecule has 1 aromatic carbocycles. The van der Waals surface area contributed by atoms with Crippen LogP contribution in [0.4, 0.5) is 0 Å². The number of aliphatic hydroxyl groups is 1. The Kier molecular flexibility index (Phi) is 3.61. The second-order valence-corrected chi connectivity index (χ2v) is 3.73. The Labute approximate surface area is 96.6 Å². The van der Waals surface area contributed by atoms with Gasteiger partial charge in [-0.3, -0.25) is 0 Å². The van der Waals surface area contributed by atoms with Crippen molar-refractivity contribution in [1.29, 1.82) is 0 Å². The molecule has 0 amide bonds. The van der Waals surface area contributed by atoms with Gasteiger partial charge in [0.25, 0.3) is 0 Å². The van der Waals surface area contributed by atoms with Crippen molar-refractivity contribution in [2.45, 2.75) is 6.92 Å². The fourth-order valence-corrected chi connectivity index (χ4v) is 1.66. The van der Waals surface area contributed by atoms with Gasteiger partial charge in [-0.2, -0.15) is 0 Å². The van der Waals surface area contributed by atoms with E-state index in [9.17, 15) is 9.90 Å². The number of hydrogen-bond donors (Lipinski definition) is 2. The first-order valence-electron chi connectivity index (χ1n) is 4.02. The lowest BCUT2D eigenvalue weighted by Gasteiger charge is -2.06. The molecular weight excluding hydrogens is 239 g/mol. The maximum Gasteiger partial charge on any atom is 0.339 e. The molecule has 0 unspecified atom stereocenters. The fraction of sp³-hybridized carbons (Fsp3) is 0.100. The van der Waals surface area contributed by atoms with Crippen LogP contribution in [0.25, 0.3) is 5.57 Å². The number of benzene rings is 1. The van der Waals surface area contributed by atoms with Crippen LogP contribution in [0.3, 0.4) is 0 Å². The first kappa shape index (κ1) is 11.9. The van der Waals surface area contributed by atoms with Crippen LogP contribution in [0.15, 0.2) is 24.0 Å². The standard InChI is InChI=1S/C10H8Cl2O3/c1-5(13)9(10(14)15)7-3-2-6(11)4-8(7)12/h2-4,13H,1H3,(H,14,15). The Morgan fingerprint density at radius 1 is 1.27 bits per heavy atom. The summed E-state index contributed by atoms with van der Waals surface area (Å²) in [5, 5.41) is 18.7. The molecule has 0 spiro atoms. The Morgan fingerprint density at radius 2 is 1.87 bits per heavy atom. The molecule has 0 fully saturated rings. The van der Waals surface area contributed by atoms with Gasteiger partial charge in [0.05, 0.1) is 5.02 Å². The van der Waals surface area contributed by atoms with Crippen LogP contribution in [0.1, 0.15) is 12.5 Å². The molecule has 15 heavy (non-hydrogen) atoms. The molecular formula is C10H8Cl2O3. The maximum atomic E-state index is 10.9. The molecule has 1 rings (SSSR count). The quantitative estimate of drug-likeness (QED) is 0.622. The lowest BCUT2D eigenvalue weighted by atomic mass is 10.1. The van der Waals surface area contributed by atoms with Gasteiger partial charge in [0, 0.05) is 10.6 Å². The van der Waals surface area contributed by atoms with E-state index in [4.69, 9.17) is 28.3 Å². The van der Waals surface area contributed by atoms with Crippen molar-refractivity contribution in [1.82, 2.24) is 0 Å². The molecule has 0 aliphatic carbocycles. The van der Waals surface area contributed by atoms with Crippen LogP contribution < -0.4 is 0 Å². The molecule has 0 saturated carbocycles. The Morgan fingerprint density at radius 3 is 2.27 bits per heavy atom. The molecule has 2 N–H and O–H groups in total. The van der Waals surface area contributed by atoms with E-state index in [1.54, 1.807) is 0 Å². The smallest absolute Gasteiger partial charge is 0.339 e. The molecule has 0 saturated heterocycles. The zero-order chi connectivity index (χ0) is 11.6. The normalized spacial score (nSPS) is 12.2. The van der Waals surface area contributed by atoms with E-state index in [-0.39, 0.29) is 21.9 Å². The highest BCUT2D eigenvalue weighted by molar-refractivity contribution is 6.37. The maximum absolute atomic E-state index is 10.9. The van der Waals surface area contributed by atoms with E-state index >= 15 is 0 Å². The van der Waals surface area contributed by atoms with Gasteiger partial charge in [-0.05, 0) is 19.1 Å². The molecule has 5 heteroatoms. The van der Waals surface area contributed by atoms with Crippen molar-refractivity contribution in [3.8, 4) is 0 Å². The Balaban J connectivity index is 3.38. The van der Waals surface area contributed by atoms with Crippen LogP contribution in [0.2, 0.25) is 10.0 Å². The average molecular weight is 247 g/mol. The van der Waals surface area contributed by atoms with Crippen molar-refractivity contribution < 1.29 is 15.0 Å². The van der Waals surface area contributed by atoms with Crippen LogP contribution in [-0.4, -0.2) is 16.2 Å². The molecule has 3 nitrogen and oxygen atoms in total. The predicted octanol–water partition coefficient (Wildman–Crippen LogP) is 3.37. The molecule has 0 bridgehead atoms. The monoisotopic (exact) mass is 246 g/mol. The van der Waals surface area contributed by atoms with Crippen molar-refractivity contribution in [3.63, 3.8) is 0 Å². The summed E-state index contributed by atoms with van der Waals surface area (Å²) in [6.45, 7) is 1.29. The molecule has 0 aliphatic heterocycles. The highest BCUT2D eigenvalue weighted by Gasteiger charge is 2.17. The number of aliphatic hydroxyl groups excluding tert-OH is 1. The highest BCUT2D eigenvalue weighted by atomic mass is 35.5. The second-order valence-electron chi connectivity index (χ2n) is 2.89. The topological polar surface area (TPSA) is 57.5 Å². The predicted molar refractivity (Wildman–Crippen MR) is 59.3 cm³/mol. The molecule has 1 aromatic rings. The number of carboxylic acids is 1. The van der Waals surface area contributed by atoms with Gasteiger partial charge in [-0.15, -0.1) is 0 Å². The first-order chi connectivity index (χ1) is 6.93. The number of halogens is 2. The van der Waals surface area contributed by atoms with Crippen molar-refractivity contribution in [3.05, 3.63) is 39.6 Å². The minimum atomic E-state index is -1.24. The minimum Gasteiger partial charge on any atom is -0.512 e. The molecule has 0 aliphatic rings. The van der Waals surface area contributed by atoms with Gasteiger partial charge < -0.3 is 10.2 Å².